The van der Waals surface area contributed by atoms with Crippen molar-refractivity contribution in [2.24, 2.45) is 5.92 Å². The van der Waals surface area contributed by atoms with Gasteiger partial charge in [0.25, 0.3) is 0 Å². The van der Waals surface area contributed by atoms with Gasteiger partial charge in [-0.3, -0.25) is 4.79 Å². The third-order valence-electron chi connectivity index (χ3n) is 3.88. The number of hydrogen-bond acceptors (Lipinski definition) is 2. The molecule has 3 nitrogen and oxygen atoms in total. The molecule has 2 aliphatic rings. The molecule has 2 atom stereocenters. The third kappa shape index (κ3) is 3.21. The van der Waals surface area contributed by atoms with Crippen LogP contribution in [0.25, 0.3) is 0 Å². The molecule has 0 aliphatic carbocycles. The lowest BCUT2D eigenvalue weighted by molar-refractivity contribution is -0.133. The smallest absolute Gasteiger partial charge is 0.222 e. The zero-order valence-electron chi connectivity index (χ0n) is 10.4. The summed E-state index contributed by atoms with van der Waals surface area (Å²) in [6.07, 6.45) is 6.78. The summed E-state index contributed by atoms with van der Waals surface area (Å²) < 4.78 is 0. The normalized spacial score (nSPS) is 30.7. The summed E-state index contributed by atoms with van der Waals surface area (Å²) in [5.41, 5.74) is 0. The summed E-state index contributed by atoms with van der Waals surface area (Å²) in [6.45, 7) is 5.36. The second kappa shape index (κ2) is 5.67. The molecule has 2 saturated heterocycles. The Morgan fingerprint density at radius 3 is 2.94 bits per heavy atom. The molecule has 1 amide bonds. The van der Waals surface area contributed by atoms with Gasteiger partial charge in [0.1, 0.15) is 0 Å². The topological polar surface area (TPSA) is 32.3 Å². The predicted octanol–water partition coefficient (Wildman–Crippen LogP) is 1.78. The van der Waals surface area contributed by atoms with Crippen LogP contribution in [0.2, 0.25) is 0 Å². The molecule has 2 unspecified atom stereocenters. The molecular formula is C13H24N2O. The van der Waals surface area contributed by atoms with Crippen LogP contribution >= 0.6 is 0 Å². The third-order valence-corrected chi connectivity index (χ3v) is 3.88. The lowest BCUT2D eigenvalue weighted by Crippen LogP contribution is -2.39. The van der Waals surface area contributed by atoms with Crippen LogP contribution in [0.3, 0.4) is 0 Å². The van der Waals surface area contributed by atoms with Crippen molar-refractivity contribution in [3.05, 3.63) is 0 Å². The fourth-order valence-electron chi connectivity index (χ4n) is 2.87. The SMILES string of the molecule is CC1CCCN(C(=O)CCC2CCCN2)C1. The second-order valence-corrected chi connectivity index (χ2v) is 5.42. The monoisotopic (exact) mass is 224 g/mol. The average Bonchev–Trinajstić information content (AvgIpc) is 2.78. The first-order chi connectivity index (χ1) is 7.75. The van der Waals surface area contributed by atoms with Gasteiger partial charge in [-0.05, 0) is 44.6 Å². The molecule has 0 radical (unpaired) electrons. The number of carbonyl (C=O) groups excluding carboxylic acids is 1. The number of amides is 1. The summed E-state index contributed by atoms with van der Waals surface area (Å²) in [5.74, 6) is 1.07. The molecule has 0 aromatic rings. The zero-order chi connectivity index (χ0) is 11.4. The van der Waals surface area contributed by atoms with Crippen LogP contribution in [0, 0.1) is 5.92 Å². The van der Waals surface area contributed by atoms with Crippen LogP contribution in [0.1, 0.15) is 45.4 Å². The predicted molar refractivity (Wildman–Crippen MR) is 65.2 cm³/mol. The summed E-state index contributed by atoms with van der Waals surface area (Å²) >= 11 is 0. The van der Waals surface area contributed by atoms with Crippen molar-refractivity contribution in [1.82, 2.24) is 10.2 Å². The first-order valence-electron chi connectivity index (χ1n) is 6.77. The van der Waals surface area contributed by atoms with Crippen molar-refractivity contribution >= 4 is 5.91 Å². The first kappa shape index (κ1) is 11.9. The fraction of sp³-hybridized carbons (Fsp3) is 0.923. The van der Waals surface area contributed by atoms with E-state index in [0.717, 1.165) is 32.5 Å². The summed E-state index contributed by atoms with van der Waals surface area (Å²) in [4.78, 5) is 14.1. The zero-order valence-corrected chi connectivity index (χ0v) is 10.4. The van der Waals surface area contributed by atoms with Gasteiger partial charge < -0.3 is 10.2 Å². The second-order valence-electron chi connectivity index (χ2n) is 5.42. The van der Waals surface area contributed by atoms with Crippen LogP contribution in [0.4, 0.5) is 0 Å². The molecule has 0 aromatic carbocycles. The molecular weight excluding hydrogens is 200 g/mol. The minimum absolute atomic E-state index is 0.375. The van der Waals surface area contributed by atoms with Gasteiger partial charge in [0.15, 0.2) is 0 Å². The van der Waals surface area contributed by atoms with Gasteiger partial charge >= 0.3 is 0 Å². The van der Waals surface area contributed by atoms with E-state index in [2.05, 4.69) is 17.1 Å². The molecule has 2 rings (SSSR count). The van der Waals surface area contributed by atoms with E-state index in [9.17, 15) is 4.79 Å². The number of rotatable bonds is 3. The Kier molecular flexibility index (Phi) is 4.22. The average molecular weight is 224 g/mol. The standard InChI is InChI=1S/C13H24N2O/c1-11-4-3-9-15(10-11)13(16)7-6-12-5-2-8-14-12/h11-12,14H,2-10H2,1H3. The molecule has 16 heavy (non-hydrogen) atoms. The summed E-state index contributed by atoms with van der Waals surface area (Å²) in [7, 11) is 0. The molecule has 2 heterocycles. The number of carbonyl (C=O) groups is 1. The van der Waals surface area contributed by atoms with E-state index in [1.165, 1.54) is 25.7 Å². The Bertz CT molecular complexity index is 236. The van der Waals surface area contributed by atoms with E-state index in [4.69, 9.17) is 0 Å². The quantitative estimate of drug-likeness (QED) is 0.792. The Morgan fingerprint density at radius 2 is 2.25 bits per heavy atom. The largest absolute Gasteiger partial charge is 0.342 e. The van der Waals surface area contributed by atoms with Crippen LogP contribution in [-0.4, -0.2) is 36.5 Å². The van der Waals surface area contributed by atoms with E-state index >= 15 is 0 Å². The molecule has 2 aliphatic heterocycles. The van der Waals surface area contributed by atoms with Crippen LogP contribution in [0.5, 0.6) is 0 Å². The highest BCUT2D eigenvalue weighted by Crippen LogP contribution is 2.18. The van der Waals surface area contributed by atoms with Crippen molar-refractivity contribution in [3.63, 3.8) is 0 Å². The van der Waals surface area contributed by atoms with Gasteiger partial charge in [0, 0.05) is 25.6 Å². The van der Waals surface area contributed by atoms with Crippen molar-refractivity contribution in [1.29, 1.82) is 0 Å². The molecule has 3 heteroatoms. The van der Waals surface area contributed by atoms with Crippen molar-refractivity contribution in [3.8, 4) is 0 Å². The highest BCUT2D eigenvalue weighted by molar-refractivity contribution is 5.76. The van der Waals surface area contributed by atoms with Crippen LogP contribution in [-0.2, 0) is 4.79 Å². The number of piperidine rings is 1. The molecule has 1 N–H and O–H groups in total. The Hall–Kier alpha value is -0.570. The van der Waals surface area contributed by atoms with Crippen LogP contribution in [0.15, 0.2) is 0 Å². The first-order valence-corrected chi connectivity index (χ1v) is 6.77. The maximum Gasteiger partial charge on any atom is 0.222 e. The lowest BCUT2D eigenvalue weighted by atomic mass is 9.99. The maximum atomic E-state index is 12.0. The van der Waals surface area contributed by atoms with E-state index in [-0.39, 0.29) is 0 Å². The number of nitrogens with zero attached hydrogens (tertiary/aromatic N) is 1. The van der Waals surface area contributed by atoms with Gasteiger partial charge in [0.05, 0.1) is 0 Å². The Labute approximate surface area is 98.6 Å². The van der Waals surface area contributed by atoms with Gasteiger partial charge in [-0.25, -0.2) is 0 Å². The highest BCUT2D eigenvalue weighted by Gasteiger charge is 2.22. The molecule has 92 valence electrons. The molecule has 0 spiro atoms. The maximum absolute atomic E-state index is 12.0. The van der Waals surface area contributed by atoms with Crippen molar-refractivity contribution < 1.29 is 4.79 Å². The molecule has 0 bridgehead atoms. The number of likely N-dealkylation sites (tertiary alicyclic amines) is 1. The lowest BCUT2D eigenvalue weighted by Gasteiger charge is -2.31. The van der Waals surface area contributed by atoms with E-state index in [0.29, 0.717) is 17.9 Å². The molecule has 0 saturated carbocycles. The van der Waals surface area contributed by atoms with Crippen molar-refractivity contribution in [2.75, 3.05) is 19.6 Å². The number of hydrogen-bond donors (Lipinski definition) is 1. The molecule has 2 fully saturated rings. The number of nitrogens with one attached hydrogen (secondary N) is 1. The van der Waals surface area contributed by atoms with E-state index in [1.807, 2.05) is 0 Å². The fourth-order valence-corrected chi connectivity index (χ4v) is 2.87. The van der Waals surface area contributed by atoms with Crippen LogP contribution < -0.4 is 5.32 Å². The highest BCUT2D eigenvalue weighted by atomic mass is 16.2. The van der Waals surface area contributed by atoms with E-state index < -0.39 is 0 Å². The Balaban J connectivity index is 1.70. The Morgan fingerprint density at radius 1 is 1.38 bits per heavy atom. The van der Waals surface area contributed by atoms with E-state index in [1.54, 1.807) is 0 Å². The summed E-state index contributed by atoms with van der Waals surface area (Å²) in [5, 5.41) is 3.45. The van der Waals surface area contributed by atoms with Gasteiger partial charge in [-0.1, -0.05) is 6.92 Å². The van der Waals surface area contributed by atoms with Gasteiger partial charge in [-0.15, -0.1) is 0 Å². The molecule has 0 aromatic heterocycles. The van der Waals surface area contributed by atoms with Crippen molar-refractivity contribution in [2.45, 2.75) is 51.5 Å². The minimum atomic E-state index is 0.375. The summed E-state index contributed by atoms with van der Waals surface area (Å²) in [6, 6.07) is 0.603. The van der Waals surface area contributed by atoms with Gasteiger partial charge in [0.2, 0.25) is 5.91 Å². The minimum Gasteiger partial charge on any atom is -0.342 e. The van der Waals surface area contributed by atoms with Gasteiger partial charge in [-0.2, -0.15) is 0 Å².